The highest BCUT2D eigenvalue weighted by atomic mass is 32.1. The Labute approximate surface area is 111 Å². The van der Waals surface area contributed by atoms with Gasteiger partial charge in [-0.05, 0) is 27.7 Å². The number of nitrogens with one attached hydrogen (secondary N) is 1. The zero-order valence-corrected chi connectivity index (χ0v) is 11.8. The zero-order valence-electron chi connectivity index (χ0n) is 11.0. The maximum absolute atomic E-state index is 11.7. The highest BCUT2D eigenvalue weighted by molar-refractivity contribution is 7.09. The number of carbonyl (C=O) groups excluding carboxylic acids is 2. The van der Waals surface area contributed by atoms with Gasteiger partial charge in [-0.1, -0.05) is 0 Å². The molecular formula is C12H18N2O3S. The smallest absolute Gasteiger partial charge is 0.408 e. The number of aromatic nitrogens is 1. The van der Waals surface area contributed by atoms with E-state index >= 15 is 0 Å². The number of alkyl carbamates (subject to hydrolysis) is 1. The summed E-state index contributed by atoms with van der Waals surface area (Å²) in [5.41, 5.74) is 1.96. The molecule has 1 aromatic heterocycles. The fraction of sp³-hybridized carbons (Fsp3) is 0.583. The molecule has 0 aliphatic carbocycles. The molecule has 1 N–H and O–H groups in total. The van der Waals surface area contributed by atoms with Crippen LogP contribution in [0.3, 0.4) is 0 Å². The first-order valence-electron chi connectivity index (χ1n) is 5.66. The van der Waals surface area contributed by atoms with Crippen LogP contribution in [0.2, 0.25) is 0 Å². The molecule has 0 aliphatic rings. The van der Waals surface area contributed by atoms with Gasteiger partial charge >= 0.3 is 6.09 Å². The number of hydrogen-bond donors (Lipinski definition) is 1. The SMILES string of the molecule is Cc1ncsc1[C@@H](CC=O)NC(=O)OC(C)(C)C. The molecule has 0 fully saturated rings. The van der Waals surface area contributed by atoms with E-state index in [0.717, 1.165) is 16.9 Å². The van der Waals surface area contributed by atoms with Crippen molar-refractivity contribution >= 4 is 23.7 Å². The molecule has 0 saturated carbocycles. The molecule has 1 heterocycles. The number of aldehydes is 1. The Morgan fingerprint density at radius 2 is 2.28 bits per heavy atom. The van der Waals surface area contributed by atoms with Crippen LogP contribution in [0.25, 0.3) is 0 Å². The number of amides is 1. The van der Waals surface area contributed by atoms with Crippen LogP contribution in [0.1, 0.15) is 43.8 Å². The molecule has 5 nitrogen and oxygen atoms in total. The monoisotopic (exact) mass is 270 g/mol. The summed E-state index contributed by atoms with van der Waals surface area (Å²) in [5, 5.41) is 2.70. The first-order valence-corrected chi connectivity index (χ1v) is 6.54. The molecule has 0 aliphatic heterocycles. The van der Waals surface area contributed by atoms with Gasteiger partial charge in [0.25, 0.3) is 0 Å². The molecule has 0 spiro atoms. The lowest BCUT2D eigenvalue weighted by molar-refractivity contribution is -0.108. The van der Waals surface area contributed by atoms with E-state index in [4.69, 9.17) is 4.74 Å². The minimum atomic E-state index is -0.557. The standard InChI is InChI=1S/C12H18N2O3S/c1-8-10(18-7-13-8)9(5-6-15)14-11(16)17-12(2,3)4/h6-7,9H,5H2,1-4H3,(H,14,16)/t9-/m1/s1. The van der Waals surface area contributed by atoms with Gasteiger partial charge in [-0.2, -0.15) is 0 Å². The highest BCUT2D eigenvalue weighted by Crippen LogP contribution is 2.24. The van der Waals surface area contributed by atoms with Crippen molar-refractivity contribution in [3.63, 3.8) is 0 Å². The molecule has 0 aromatic carbocycles. The van der Waals surface area contributed by atoms with Crippen molar-refractivity contribution in [1.29, 1.82) is 0 Å². The molecule has 18 heavy (non-hydrogen) atoms. The molecule has 0 radical (unpaired) electrons. The van der Waals surface area contributed by atoms with Crippen molar-refractivity contribution in [2.75, 3.05) is 0 Å². The van der Waals surface area contributed by atoms with Gasteiger partial charge in [-0.15, -0.1) is 11.3 Å². The Morgan fingerprint density at radius 3 is 2.72 bits per heavy atom. The zero-order chi connectivity index (χ0) is 13.8. The van der Waals surface area contributed by atoms with Crippen LogP contribution in [-0.4, -0.2) is 23.0 Å². The number of carbonyl (C=O) groups is 2. The van der Waals surface area contributed by atoms with Crippen molar-refractivity contribution in [3.05, 3.63) is 16.1 Å². The molecule has 0 unspecified atom stereocenters. The van der Waals surface area contributed by atoms with E-state index in [-0.39, 0.29) is 12.5 Å². The molecule has 1 rings (SSSR count). The van der Waals surface area contributed by atoms with Crippen molar-refractivity contribution in [2.45, 2.75) is 45.8 Å². The van der Waals surface area contributed by atoms with Gasteiger partial charge < -0.3 is 14.8 Å². The Balaban J connectivity index is 2.73. The number of aryl methyl sites for hydroxylation is 1. The van der Waals surface area contributed by atoms with Gasteiger partial charge in [0.15, 0.2) is 0 Å². The first kappa shape index (κ1) is 14.6. The summed E-state index contributed by atoms with van der Waals surface area (Å²) < 4.78 is 5.17. The molecule has 1 atom stereocenters. The van der Waals surface area contributed by atoms with Gasteiger partial charge in [0.2, 0.25) is 0 Å². The van der Waals surface area contributed by atoms with E-state index in [0.29, 0.717) is 0 Å². The Morgan fingerprint density at radius 1 is 1.61 bits per heavy atom. The normalized spacial score (nSPS) is 12.9. The van der Waals surface area contributed by atoms with Crippen LogP contribution in [-0.2, 0) is 9.53 Å². The predicted octanol–water partition coefficient (Wildman–Crippen LogP) is 2.61. The summed E-state index contributed by atoms with van der Waals surface area (Å²) in [6, 6.07) is -0.371. The Bertz CT molecular complexity index is 423. The van der Waals surface area contributed by atoms with Gasteiger partial charge in [0, 0.05) is 6.42 Å². The summed E-state index contributed by atoms with van der Waals surface area (Å²) in [4.78, 5) is 27.4. The lowest BCUT2D eigenvalue weighted by atomic mass is 10.1. The van der Waals surface area contributed by atoms with Gasteiger partial charge in [0.05, 0.1) is 22.1 Å². The summed E-state index contributed by atoms with van der Waals surface area (Å²) in [5.74, 6) is 0. The van der Waals surface area contributed by atoms with E-state index < -0.39 is 11.7 Å². The third kappa shape index (κ3) is 4.44. The number of nitrogens with zero attached hydrogens (tertiary/aromatic N) is 1. The van der Waals surface area contributed by atoms with Crippen molar-refractivity contribution in [3.8, 4) is 0 Å². The van der Waals surface area contributed by atoms with Crippen LogP contribution < -0.4 is 5.32 Å². The fourth-order valence-electron chi connectivity index (χ4n) is 1.42. The van der Waals surface area contributed by atoms with Gasteiger partial charge in [0.1, 0.15) is 11.9 Å². The van der Waals surface area contributed by atoms with Crippen molar-refractivity contribution in [2.24, 2.45) is 0 Å². The molecule has 1 aromatic rings. The molecule has 0 bridgehead atoms. The summed E-state index contributed by atoms with van der Waals surface area (Å²) in [6.07, 6.45) is 0.464. The molecule has 1 amide bonds. The molecule has 100 valence electrons. The average molecular weight is 270 g/mol. The average Bonchev–Trinajstić information content (AvgIpc) is 2.60. The first-order chi connectivity index (χ1) is 8.33. The van der Waals surface area contributed by atoms with Crippen LogP contribution in [0, 0.1) is 6.92 Å². The minimum absolute atomic E-state index is 0.211. The Kier molecular flexibility index (Phi) is 4.84. The quantitative estimate of drug-likeness (QED) is 0.854. The second-order valence-corrected chi connectivity index (χ2v) is 5.79. The number of ether oxygens (including phenoxy) is 1. The van der Waals surface area contributed by atoms with Crippen molar-refractivity contribution in [1.82, 2.24) is 10.3 Å². The van der Waals surface area contributed by atoms with Gasteiger partial charge in [-0.25, -0.2) is 9.78 Å². The lowest BCUT2D eigenvalue weighted by Gasteiger charge is -2.22. The van der Waals surface area contributed by atoms with Crippen LogP contribution in [0.15, 0.2) is 5.51 Å². The number of rotatable bonds is 4. The maximum Gasteiger partial charge on any atom is 0.408 e. The van der Waals surface area contributed by atoms with Crippen molar-refractivity contribution < 1.29 is 14.3 Å². The van der Waals surface area contributed by atoms with E-state index in [1.54, 1.807) is 26.3 Å². The maximum atomic E-state index is 11.7. The highest BCUT2D eigenvalue weighted by Gasteiger charge is 2.22. The molecule has 0 saturated heterocycles. The largest absolute Gasteiger partial charge is 0.444 e. The van der Waals surface area contributed by atoms with E-state index in [1.807, 2.05) is 6.92 Å². The summed E-state index contributed by atoms with van der Waals surface area (Å²) in [7, 11) is 0. The number of hydrogen-bond acceptors (Lipinski definition) is 5. The fourth-order valence-corrected chi connectivity index (χ4v) is 2.29. The topological polar surface area (TPSA) is 68.3 Å². The van der Waals surface area contributed by atoms with Crippen LogP contribution in [0.5, 0.6) is 0 Å². The summed E-state index contributed by atoms with van der Waals surface area (Å²) in [6.45, 7) is 7.22. The second-order valence-electron chi connectivity index (χ2n) is 4.90. The van der Waals surface area contributed by atoms with E-state index in [2.05, 4.69) is 10.3 Å². The third-order valence-corrected chi connectivity index (χ3v) is 3.17. The van der Waals surface area contributed by atoms with Crippen LogP contribution >= 0.6 is 11.3 Å². The predicted molar refractivity (Wildman–Crippen MR) is 69.6 cm³/mol. The van der Waals surface area contributed by atoms with E-state index in [1.165, 1.54) is 11.3 Å². The minimum Gasteiger partial charge on any atom is -0.444 e. The summed E-state index contributed by atoms with van der Waals surface area (Å²) >= 11 is 1.42. The third-order valence-electron chi connectivity index (χ3n) is 2.12. The van der Waals surface area contributed by atoms with Crippen LogP contribution in [0.4, 0.5) is 4.79 Å². The molecule has 6 heteroatoms. The number of thiazole rings is 1. The van der Waals surface area contributed by atoms with E-state index in [9.17, 15) is 9.59 Å². The molecular weight excluding hydrogens is 252 g/mol. The Hall–Kier alpha value is -1.43. The lowest BCUT2D eigenvalue weighted by Crippen LogP contribution is -2.35. The van der Waals surface area contributed by atoms with Gasteiger partial charge in [-0.3, -0.25) is 0 Å². The second kappa shape index (κ2) is 5.95.